The average Bonchev–Trinajstić information content (AvgIpc) is 2.51. The van der Waals surface area contributed by atoms with Crippen LogP contribution in [0.5, 0.6) is 0 Å². The number of carbonyl (C=O) groups is 2. The van der Waals surface area contributed by atoms with Crippen molar-refractivity contribution in [1.82, 2.24) is 0 Å². The molecule has 0 aliphatic heterocycles. The van der Waals surface area contributed by atoms with Crippen LogP contribution in [0, 0.1) is 32.1 Å². The Morgan fingerprint density at radius 3 is 2.00 bits per heavy atom. The number of carbonyl (C=O) groups excluding carboxylic acids is 1. The zero-order valence-electron chi connectivity index (χ0n) is 17.0. The fraction of sp³-hybridized carbons (Fsp3) is 0.619. The second kappa shape index (κ2) is 11.2. The van der Waals surface area contributed by atoms with Gasteiger partial charge in [0.25, 0.3) is 0 Å². The lowest BCUT2D eigenvalue weighted by atomic mass is 9.77. The van der Waals surface area contributed by atoms with Crippen molar-refractivity contribution in [2.24, 2.45) is 11.3 Å². The first-order valence-corrected chi connectivity index (χ1v) is 9.62. The van der Waals surface area contributed by atoms with E-state index in [1.807, 2.05) is 53.7 Å². The summed E-state index contributed by atoms with van der Waals surface area (Å²) in [6, 6.07) is 4.09. The van der Waals surface area contributed by atoms with E-state index in [4.69, 9.17) is 4.57 Å². The van der Waals surface area contributed by atoms with E-state index in [0.717, 1.165) is 29.5 Å². The van der Waals surface area contributed by atoms with E-state index in [9.17, 15) is 14.7 Å². The van der Waals surface area contributed by atoms with Crippen molar-refractivity contribution in [1.29, 1.82) is 0 Å². The first-order chi connectivity index (χ1) is 12.1. The molecule has 0 spiro atoms. The molecule has 4 nitrogen and oxygen atoms in total. The molecule has 5 heteroatoms. The minimum Gasteiger partial charge on any atom is -0.481 e. The minimum atomic E-state index is -0.729. The Morgan fingerprint density at radius 2 is 1.58 bits per heavy atom. The molecule has 0 fully saturated rings. The summed E-state index contributed by atoms with van der Waals surface area (Å²) in [6.07, 6.45) is 3.30. The third-order valence-corrected chi connectivity index (χ3v) is 4.71. The molecule has 0 aliphatic rings. The van der Waals surface area contributed by atoms with Gasteiger partial charge in [-0.15, -0.1) is 0 Å². The Kier molecular flexibility index (Phi) is 10.6. The summed E-state index contributed by atoms with van der Waals surface area (Å²) in [7, 11) is 1.17. The number of aryl methyl sites for hydroxylation is 3. The monoisotopic (exact) mass is 381 g/mol. The highest BCUT2D eigenvalue weighted by atomic mass is 31.0. The van der Waals surface area contributed by atoms with Crippen molar-refractivity contribution in [3.05, 3.63) is 34.4 Å². The van der Waals surface area contributed by atoms with Crippen LogP contribution in [0.3, 0.4) is 0 Å². The van der Waals surface area contributed by atoms with Crippen molar-refractivity contribution in [3.8, 4) is 0 Å². The van der Waals surface area contributed by atoms with Gasteiger partial charge in [0.15, 0.2) is 5.78 Å². The molecule has 2 atom stereocenters. The van der Waals surface area contributed by atoms with E-state index in [2.05, 4.69) is 0 Å². The molecular weight excluding hydrogens is 347 g/mol. The fourth-order valence-corrected chi connectivity index (χ4v) is 3.74. The second-order valence-electron chi connectivity index (χ2n) is 7.87. The number of Topliss-reactive ketones (excluding diaryl/α,β-unsaturated/α-hetero) is 1. The Labute approximate surface area is 160 Å². The number of rotatable bonds is 9. The molecule has 0 saturated heterocycles. The van der Waals surface area contributed by atoms with Gasteiger partial charge in [-0.3, -0.25) is 9.59 Å². The van der Waals surface area contributed by atoms with Crippen molar-refractivity contribution < 1.29 is 19.3 Å². The number of carboxylic acid groups (broad SMARTS) is 1. The topological polar surface area (TPSA) is 71.4 Å². The molecule has 0 amide bonds. The number of hydrogen-bond acceptors (Lipinski definition) is 3. The molecule has 1 rings (SSSR count). The van der Waals surface area contributed by atoms with Crippen molar-refractivity contribution >= 4 is 20.9 Å². The van der Waals surface area contributed by atoms with Gasteiger partial charge in [0.2, 0.25) is 0 Å². The van der Waals surface area contributed by atoms with E-state index in [0.29, 0.717) is 25.2 Å². The maximum atomic E-state index is 12.5. The summed E-state index contributed by atoms with van der Waals surface area (Å²) in [5.41, 5.74) is 3.39. The van der Waals surface area contributed by atoms with Gasteiger partial charge in [-0.1, -0.05) is 42.5 Å². The van der Waals surface area contributed by atoms with Crippen LogP contribution in [0.1, 0.15) is 79.9 Å². The molecule has 1 N–H and O–H groups in total. The lowest BCUT2D eigenvalue weighted by Gasteiger charge is -2.26. The predicted molar refractivity (Wildman–Crippen MR) is 109 cm³/mol. The summed E-state index contributed by atoms with van der Waals surface area (Å²) < 4.78 is 8.17. The zero-order valence-corrected chi connectivity index (χ0v) is 18.2. The van der Waals surface area contributed by atoms with E-state index >= 15 is 0 Å². The van der Waals surface area contributed by atoms with Gasteiger partial charge in [-0.05, 0) is 64.0 Å². The number of ketones is 1. The van der Waals surface area contributed by atoms with Crippen molar-refractivity contribution in [2.45, 2.75) is 73.6 Å². The van der Waals surface area contributed by atoms with Gasteiger partial charge >= 0.3 is 15.1 Å². The number of unbranched alkanes of at least 4 members (excludes halogenated alkanes) is 1. The van der Waals surface area contributed by atoms with E-state index < -0.39 is 11.4 Å². The Balaban J connectivity index is 0.00000301. The summed E-state index contributed by atoms with van der Waals surface area (Å²) >= 11 is 0. The number of benzene rings is 1. The number of carboxylic acids is 1. The van der Waals surface area contributed by atoms with Crippen LogP contribution in [0.25, 0.3) is 0 Å². The Morgan fingerprint density at radius 1 is 1.08 bits per heavy atom. The van der Waals surface area contributed by atoms with Crippen molar-refractivity contribution in [3.63, 3.8) is 0 Å². The summed E-state index contributed by atoms with van der Waals surface area (Å²) in [5.74, 6) is -0.204. The molecule has 0 aliphatic carbocycles. The number of hydrogen-bond donors (Lipinski definition) is 1. The summed E-state index contributed by atoms with van der Waals surface area (Å²) in [5, 5.41) is 9.50. The predicted octanol–water partition coefficient (Wildman–Crippen LogP) is 5.70. The molecular formula is C21H34O4P+. The highest BCUT2D eigenvalue weighted by Crippen LogP contribution is 2.32. The van der Waals surface area contributed by atoms with Crippen LogP contribution in [-0.2, 0) is 9.36 Å². The maximum absolute atomic E-state index is 12.5. The SMILES string of the molecule is Cc1cc(C)c(C(=O)CCCCC(C)(CC(C)C)C(=O)O)c(C)c1.O=[PH2+]. The Hall–Kier alpha value is -1.54. The van der Waals surface area contributed by atoms with Gasteiger partial charge < -0.3 is 5.11 Å². The molecule has 0 heterocycles. The van der Waals surface area contributed by atoms with Crippen LogP contribution >= 0.6 is 9.12 Å². The quantitative estimate of drug-likeness (QED) is 0.338. The van der Waals surface area contributed by atoms with Crippen LogP contribution in [0.2, 0.25) is 0 Å². The van der Waals surface area contributed by atoms with E-state index in [-0.39, 0.29) is 5.78 Å². The average molecular weight is 381 g/mol. The summed E-state index contributed by atoms with van der Waals surface area (Å²) in [4.78, 5) is 24.1. The van der Waals surface area contributed by atoms with Gasteiger partial charge in [0.1, 0.15) is 0 Å². The fourth-order valence-electron chi connectivity index (χ4n) is 3.74. The molecule has 0 saturated carbocycles. The molecule has 26 heavy (non-hydrogen) atoms. The summed E-state index contributed by atoms with van der Waals surface area (Å²) in [6.45, 7) is 11.9. The lowest BCUT2D eigenvalue weighted by Crippen LogP contribution is -2.29. The molecule has 1 aromatic carbocycles. The second-order valence-corrected chi connectivity index (χ2v) is 7.87. The first kappa shape index (κ1) is 24.5. The highest BCUT2D eigenvalue weighted by molar-refractivity contribution is 7.00. The molecule has 0 radical (unpaired) electrons. The van der Waals surface area contributed by atoms with Gasteiger partial charge in [-0.2, -0.15) is 0 Å². The van der Waals surface area contributed by atoms with Gasteiger partial charge in [-0.25, -0.2) is 0 Å². The van der Waals surface area contributed by atoms with E-state index in [1.54, 1.807) is 0 Å². The largest absolute Gasteiger partial charge is 0.481 e. The minimum absolute atomic E-state index is 0.172. The molecule has 146 valence electrons. The van der Waals surface area contributed by atoms with Crippen molar-refractivity contribution in [2.75, 3.05) is 0 Å². The van der Waals surface area contributed by atoms with Crippen LogP contribution in [0.4, 0.5) is 0 Å². The third kappa shape index (κ3) is 7.37. The zero-order chi connectivity index (χ0) is 20.5. The maximum Gasteiger partial charge on any atom is 0.310 e. The smallest absolute Gasteiger partial charge is 0.310 e. The van der Waals surface area contributed by atoms with Crippen LogP contribution < -0.4 is 0 Å². The Bertz CT molecular complexity index is 601. The molecule has 1 aromatic rings. The van der Waals surface area contributed by atoms with Crippen LogP contribution in [-0.4, -0.2) is 16.9 Å². The first-order valence-electron chi connectivity index (χ1n) is 9.15. The number of aliphatic carboxylic acids is 1. The lowest BCUT2D eigenvalue weighted by molar-refractivity contribution is -0.149. The molecule has 0 aromatic heterocycles. The molecule has 2 unspecified atom stereocenters. The van der Waals surface area contributed by atoms with E-state index in [1.165, 1.54) is 14.7 Å². The normalized spacial score (nSPS) is 12.9. The highest BCUT2D eigenvalue weighted by Gasteiger charge is 2.33. The standard InChI is InChI=1S/C21H32O3.H2OP/c1-14(2)13-21(6,20(23)24)10-8-7-9-18(22)19-16(4)11-15(3)12-17(19)5;1-2/h11-12,14H,7-10,13H2,1-6H3,(H,23,24);2H2/q;+1. The molecule has 0 bridgehead atoms. The van der Waals surface area contributed by atoms with Gasteiger partial charge in [0.05, 0.1) is 5.41 Å². The van der Waals surface area contributed by atoms with Gasteiger partial charge in [0, 0.05) is 12.0 Å². The van der Waals surface area contributed by atoms with Crippen LogP contribution in [0.15, 0.2) is 12.1 Å². The third-order valence-electron chi connectivity index (χ3n) is 4.71.